The molecule has 136 valence electrons. The third-order valence-corrected chi connectivity index (χ3v) is 4.55. The van der Waals surface area contributed by atoms with E-state index in [4.69, 9.17) is 14.2 Å². The van der Waals surface area contributed by atoms with Crippen molar-refractivity contribution in [2.45, 2.75) is 12.5 Å². The van der Waals surface area contributed by atoms with Gasteiger partial charge in [-0.1, -0.05) is 12.1 Å². The third kappa shape index (κ3) is 4.04. The maximum Gasteiger partial charge on any atom is 0.227 e. The maximum absolute atomic E-state index is 12.6. The lowest BCUT2D eigenvalue weighted by Crippen LogP contribution is -2.44. The minimum absolute atomic E-state index is 0.00924. The first kappa shape index (κ1) is 17.5. The number of ether oxygens (including phenoxy) is 3. The Bertz CT molecular complexity index is 636. The van der Waals surface area contributed by atoms with Crippen LogP contribution in [0.4, 0.5) is 0 Å². The van der Waals surface area contributed by atoms with Gasteiger partial charge in [-0.2, -0.15) is 0 Å². The van der Waals surface area contributed by atoms with Gasteiger partial charge in [0.05, 0.1) is 19.1 Å². The first-order chi connectivity index (χ1) is 12.1. The van der Waals surface area contributed by atoms with E-state index in [0.29, 0.717) is 38.6 Å². The fourth-order valence-corrected chi connectivity index (χ4v) is 3.22. The molecule has 0 radical (unpaired) electrons. The van der Waals surface area contributed by atoms with Crippen molar-refractivity contribution in [3.8, 4) is 11.5 Å². The monoisotopic (exact) mass is 348 g/mol. The van der Waals surface area contributed by atoms with Gasteiger partial charge >= 0.3 is 0 Å². The van der Waals surface area contributed by atoms with Crippen LogP contribution >= 0.6 is 0 Å². The SMILES string of the molecule is COCCN1C[C@H](C(=O)N(C)C[C@H]2COc3ccccc3O2)CC1=O. The van der Waals surface area contributed by atoms with Crippen LogP contribution in [0.1, 0.15) is 6.42 Å². The molecule has 0 bridgehead atoms. The highest BCUT2D eigenvalue weighted by Crippen LogP contribution is 2.31. The number of fused-ring (bicyclic) bond motifs is 1. The lowest BCUT2D eigenvalue weighted by Gasteiger charge is -2.30. The highest BCUT2D eigenvalue weighted by atomic mass is 16.6. The van der Waals surface area contributed by atoms with Gasteiger partial charge in [0.15, 0.2) is 17.6 Å². The largest absolute Gasteiger partial charge is 0.486 e. The molecule has 2 amide bonds. The number of para-hydroxylation sites is 2. The van der Waals surface area contributed by atoms with E-state index >= 15 is 0 Å². The Hall–Kier alpha value is -2.28. The second-order valence-electron chi connectivity index (χ2n) is 6.45. The summed E-state index contributed by atoms with van der Waals surface area (Å²) in [5.74, 6) is 1.10. The molecule has 0 spiro atoms. The molecule has 2 aliphatic rings. The number of likely N-dealkylation sites (tertiary alicyclic amines) is 1. The van der Waals surface area contributed by atoms with E-state index < -0.39 is 0 Å². The lowest BCUT2D eigenvalue weighted by molar-refractivity contribution is -0.135. The van der Waals surface area contributed by atoms with Crippen molar-refractivity contribution in [3.05, 3.63) is 24.3 Å². The zero-order valence-electron chi connectivity index (χ0n) is 14.6. The van der Waals surface area contributed by atoms with E-state index in [0.717, 1.165) is 5.75 Å². The molecule has 1 aromatic rings. The lowest BCUT2D eigenvalue weighted by atomic mass is 10.1. The first-order valence-corrected chi connectivity index (χ1v) is 8.48. The molecule has 0 saturated carbocycles. The van der Waals surface area contributed by atoms with Crippen LogP contribution in [0.3, 0.4) is 0 Å². The molecule has 1 aromatic carbocycles. The summed E-state index contributed by atoms with van der Waals surface area (Å²) in [6.07, 6.45) is 0.0446. The van der Waals surface area contributed by atoms with E-state index in [9.17, 15) is 9.59 Å². The molecule has 25 heavy (non-hydrogen) atoms. The van der Waals surface area contributed by atoms with Crippen molar-refractivity contribution in [2.75, 3.05) is 47.0 Å². The second kappa shape index (κ2) is 7.74. The Kier molecular flexibility index (Phi) is 5.43. The Balaban J connectivity index is 1.53. The number of hydrogen-bond donors (Lipinski definition) is 0. The normalized spacial score (nSPS) is 22.2. The van der Waals surface area contributed by atoms with E-state index in [1.54, 1.807) is 24.0 Å². The predicted molar refractivity (Wildman–Crippen MR) is 90.6 cm³/mol. The Morgan fingerprint density at radius 3 is 2.88 bits per heavy atom. The van der Waals surface area contributed by atoms with Crippen LogP contribution in [0.25, 0.3) is 0 Å². The fourth-order valence-electron chi connectivity index (χ4n) is 3.22. The van der Waals surface area contributed by atoms with Crippen molar-refractivity contribution in [2.24, 2.45) is 5.92 Å². The van der Waals surface area contributed by atoms with Crippen molar-refractivity contribution in [1.82, 2.24) is 9.80 Å². The van der Waals surface area contributed by atoms with Crippen LogP contribution in [0.15, 0.2) is 24.3 Å². The molecule has 1 saturated heterocycles. The van der Waals surface area contributed by atoms with Crippen LogP contribution < -0.4 is 9.47 Å². The quantitative estimate of drug-likeness (QED) is 0.760. The number of rotatable bonds is 6. The van der Waals surface area contributed by atoms with Crippen LogP contribution in [0.5, 0.6) is 11.5 Å². The van der Waals surface area contributed by atoms with E-state index in [-0.39, 0.29) is 30.3 Å². The molecule has 1 fully saturated rings. The van der Waals surface area contributed by atoms with E-state index in [2.05, 4.69) is 0 Å². The number of nitrogens with zero attached hydrogens (tertiary/aromatic N) is 2. The Morgan fingerprint density at radius 2 is 2.12 bits per heavy atom. The van der Waals surface area contributed by atoms with Gasteiger partial charge in [0.1, 0.15) is 6.61 Å². The number of methoxy groups -OCH3 is 1. The molecular formula is C18H24N2O5. The van der Waals surface area contributed by atoms with E-state index in [1.807, 2.05) is 24.3 Å². The van der Waals surface area contributed by atoms with E-state index in [1.165, 1.54) is 0 Å². The fraction of sp³-hybridized carbons (Fsp3) is 0.556. The zero-order chi connectivity index (χ0) is 17.8. The summed E-state index contributed by atoms with van der Waals surface area (Å²) in [6, 6.07) is 7.49. The Labute approximate surface area is 147 Å². The number of likely N-dealkylation sites (N-methyl/N-ethyl adjacent to an activating group) is 1. The average Bonchev–Trinajstić information content (AvgIpc) is 2.99. The molecule has 2 aliphatic heterocycles. The molecule has 3 rings (SSSR count). The molecule has 7 heteroatoms. The summed E-state index contributed by atoms with van der Waals surface area (Å²) >= 11 is 0. The molecule has 2 heterocycles. The molecule has 0 aliphatic carbocycles. The molecule has 2 atom stereocenters. The van der Waals surface area contributed by atoms with Gasteiger partial charge in [-0.15, -0.1) is 0 Å². The van der Waals surface area contributed by atoms with Crippen LogP contribution in [0.2, 0.25) is 0 Å². The molecular weight excluding hydrogens is 324 g/mol. The standard InChI is InChI=1S/C18H24N2O5/c1-19(11-14-12-24-15-5-3-4-6-16(15)25-14)18(22)13-9-17(21)20(10-13)7-8-23-2/h3-6,13-14H,7-12H2,1-2H3/t13-,14+/m1/s1. The van der Waals surface area contributed by atoms with Gasteiger partial charge in [-0.05, 0) is 12.1 Å². The number of hydrogen-bond acceptors (Lipinski definition) is 5. The summed E-state index contributed by atoms with van der Waals surface area (Å²) in [6.45, 7) is 2.29. The summed E-state index contributed by atoms with van der Waals surface area (Å²) in [7, 11) is 3.34. The summed E-state index contributed by atoms with van der Waals surface area (Å²) in [4.78, 5) is 28.0. The van der Waals surface area contributed by atoms with Crippen molar-refractivity contribution < 1.29 is 23.8 Å². The van der Waals surface area contributed by atoms with Crippen LogP contribution in [-0.4, -0.2) is 74.7 Å². The van der Waals surface area contributed by atoms with Gasteiger partial charge in [0, 0.05) is 33.7 Å². The van der Waals surface area contributed by atoms with Crippen molar-refractivity contribution >= 4 is 11.8 Å². The second-order valence-corrected chi connectivity index (χ2v) is 6.45. The highest BCUT2D eigenvalue weighted by Gasteiger charge is 2.36. The van der Waals surface area contributed by atoms with Crippen molar-refractivity contribution in [3.63, 3.8) is 0 Å². The Morgan fingerprint density at radius 1 is 1.36 bits per heavy atom. The number of carbonyl (C=O) groups is 2. The summed E-state index contributed by atoms with van der Waals surface area (Å²) < 4.78 is 16.6. The summed E-state index contributed by atoms with van der Waals surface area (Å²) in [5.41, 5.74) is 0. The minimum atomic E-state index is -0.300. The molecule has 0 aromatic heterocycles. The summed E-state index contributed by atoms with van der Waals surface area (Å²) in [5, 5.41) is 0. The maximum atomic E-state index is 12.6. The first-order valence-electron chi connectivity index (χ1n) is 8.48. The number of amides is 2. The topological polar surface area (TPSA) is 68.3 Å². The zero-order valence-corrected chi connectivity index (χ0v) is 14.6. The van der Waals surface area contributed by atoms with Crippen molar-refractivity contribution in [1.29, 1.82) is 0 Å². The molecule has 7 nitrogen and oxygen atoms in total. The molecule has 0 N–H and O–H groups in total. The van der Waals surface area contributed by atoms with Crippen LogP contribution in [-0.2, 0) is 14.3 Å². The predicted octanol–water partition coefficient (Wildman–Crippen LogP) is 0.780. The smallest absolute Gasteiger partial charge is 0.227 e. The van der Waals surface area contributed by atoms with Gasteiger partial charge in [-0.3, -0.25) is 9.59 Å². The van der Waals surface area contributed by atoms with Gasteiger partial charge in [-0.25, -0.2) is 0 Å². The number of benzene rings is 1. The van der Waals surface area contributed by atoms with Gasteiger partial charge < -0.3 is 24.0 Å². The highest BCUT2D eigenvalue weighted by molar-refractivity contribution is 5.89. The minimum Gasteiger partial charge on any atom is -0.486 e. The van der Waals surface area contributed by atoms with Gasteiger partial charge in [0.25, 0.3) is 0 Å². The molecule has 0 unspecified atom stereocenters. The van der Waals surface area contributed by atoms with Crippen LogP contribution in [0, 0.1) is 5.92 Å². The third-order valence-electron chi connectivity index (χ3n) is 4.55. The van der Waals surface area contributed by atoms with Gasteiger partial charge in [0.2, 0.25) is 11.8 Å². The average molecular weight is 348 g/mol. The number of carbonyl (C=O) groups excluding carboxylic acids is 2.